The Hall–Kier alpha value is -6.83. The third kappa shape index (κ3) is 12.1. The molecule has 6 aliphatic carbocycles. The van der Waals surface area contributed by atoms with E-state index in [1.54, 1.807) is 13.2 Å². The lowest BCUT2D eigenvalue weighted by molar-refractivity contribution is -0.141. The molecule has 6 aliphatic heterocycles. The molecule has 5 aromatic carbocycles. The molecule has 17 rings (SSSR count). The Morgan fingerprint density at radius 1 is 0.873 bits per heavy atom. The summed E-state index contributed by atoms with van der Waals surface area (Å²) >= 11 is 0. The van der Waals surface area contributed by atoms with E-state index < -0.39 is 48.4 Å². The first kappa shape index (κ1) is 68.3. The molecule has 9 N–H and O–H groups in total. The lowest BCUT2D eigenvalue weighted by Gasteiger charge is -2.49. The summed E-state index contributed by atoms with van der Waals surface area (Å²) in [5.74, 6) is 16.6. The Balaban J connectivity index is 1.02. The number of nitrogens with two attached hydrogens (primary N) is 1. The number of phenols is 2. The minimum atomic E-state index is -0.902. The summed E-state index contributed by atoms with van der Waals surface area (Å²) in [6.07, 6.45) is 22.4. The van der Waals surface area contributed by atoms with Gasteiger partial charge >= 0.3 is 5.97 Å². The SMILES string of the molecule is CCC1=CC2=C(C#C[C@H]3C#C[C@@H]4Cc5cc6ccc5CCC[C@H](NCc5c(O)c7c(c(c53)[C@H]3Oc5c(ccc8c5[C@]5(CC[C@H](C5)[C@@H]2C62CCCCC2)Cc2cc(O)cc(OCO)c2-8)[C@@H]3COC(C)=O)C=C[C@H]2N[C@@H]3CCC[C@H](CSS[C@@H](Cc5ccccc5)[C@@H]2O7)C3)[C@H](CO)[C@H]4COC)NC1N. The molecule has 4 fully saturated rings. The van der Waals surface area contributed by atoms with Crippen molar-refractivity contribution in [1.29, 1.82) is 0 Å². The van der Waals surface area contributed by atoms with E-state index in [0.717, 1.165) is 159 Å². The second kappa shape index (κ2) is 28.2. The first-order chi connectivity index (χ1) is 49.8. The quantitative estimate of drug-likeness (QED) is 0.0283. The van der Waals surface area contributed by atoms with Gasteiger partial charge in [-0.2, -0.15) is 0 Å². The number of hydrogen-bond donors (Lipinski definition) is 8. The van der Waals surface area contributed by atoms with Gasteiger partial charge in [-0.3, -0.25) is 4.79 Å². The molecular weight excluding hydrogens is 1310 g/mol. The van der Waals surface area contributed by atoms with E-state index in [1.165, 1.54) is 41.2 Å². The van der Waals surface area contributed by atoms with Crippen molar-refractivity contribution in [2.24, 2.45) is 41.2 Å². The summed E-state index contributed by atoms with van der Waals surface area (Å²) in [6, 6.07) is 25.9. The number of esters is 1. The number of hydrogen-bond acceptors (Lipinski definition) is 16. The van der Waals surface area contributed by atoms with Gasteiger partial charge in [0.15, 0.2) is 18.3 Å². The molecule has 0 aromatic heterocycles. The van der Waals surface area contributed by atoms with Crippen LogP contribution in [0.3, 0.4) is 0 Å². The zero-order valence-corrected chi connectivity index (χ0v) is 60.8. The van der Waals surface area contributed by atoms with Gasteiger partial charge in [0.2, 0.25) is 0 Å². The first-order valence-corrected chi connectivity index (χ1v) is 40.6. The molecular formula is C86H98N4O10S2. The van der Waals surface area contributed by atoms with Gasteiger partial charge in [-0.05, 0) is 176 Å². The fraction of sp³-hybridized carbons (Fsp3) is 0.523. The number of rotatable bonds is 10. The molecule has 16 heteroatoms. The zero-order chi connectivity index (χ0) is 69.5. The van der Waals surface area contributed by atoms with Crippen LogP contribution in [0.5, 0.6) is 28.7 Å². The Morgan fingerprint density at radius 3 is 2.57 bits per heavy atom. The van der Waals surface area contributed by atoms with Crippen molar-refractivity contribution in [2.75, 3.05) is 39.5 Å². The molecule has 0 amide bonds. The van der Waals surface area contributed by atoms with Gasteiger partial charge in [-0.25, -0.2) is 0 Å². The van der Waals surface area contributed by atoms with E-state index in [-0.39, 0.29) is 89.6 Å². The van der Waals surface area contributed by atoms with Gasteiger partial charge in [0.05, 0.1) is 35.7 Å². The first-order valence-electron chi connectivity index (χ1n) is 38.2. The topological polar surface area (TPSA) is 206 Å². The molecule has 1 saturated heterocycles. The van der Waals surface area contributed by atoms with Crippen molar-refractivity contribution in [3.8, 4) is 63.6 Å². The lowest BCUT2D eigenvalue weighted by Crippen LogP contribution is -2.52. The molecule has 534 valence electrons. The molecule has 0 radical (unpaired) electrons. The number of allylic oxidation sites excluding steroid dienone is 3. The molecule has 12 aliphatic rings. The van der Waals surface area contributed by atoms with Gasteiger partial charge in [0, 0.05) is 113 Å². The van der Waals surface area contributed by atoms with Gasteiger partial charge in [-0.1, -0.05) is 151 Å². The summed E-state index contributed by atoms with van der Waals surface area (Å²) < 4.78 is 35.3. The average Bonchev–Trinajstić information content (AvgIpc) is 1.49. The Bertz CT molecular complexity index is 4330. The van der Waals surface area contributed by atoms with Crippen LogP contribution in [0.4, 0.5) is 0 Å². The molecule has 12 bridgehead atoms. The number of nitrogens with one attached hydrogen (secondary N) is 3. The molecule has 3 saturated carbocycles. The fourth-order valence-corrected chi connectivity index (χ4v) is 24.9. The fourth-order valence-electron chi connectivity index (χ4n) is 21.7. The maximum atomic E-state index is 14.4. The van der Waals surface area contributed by atoms with Crippen LogP contribution in [0, 0.1) is 59.2 Å². The number of aryl methyl sites for hydroxylation is 1. The highest BCUT2D eigenvalue weighted by Crippen LogP contribution is 2.67. The zero-order valence-electron chi connectivity index (χ0n) is 59.1. The van der Waals surface area contributed by atoms with Crippen molar-refractivity contribution in [2.45, 2.75) is 207 Å². The predicted molar refractivity (Wildman–Crippen MR) is 401 cm³/mol. The van der Waals surface area contributed by atoms with Crippen LogP contribution in [-0.2, 0) is 57.3 Å². The number of ether oxygens (including phenoxy) is 5. The number of carbonyl (C=O) groups is 1. The Morgan fingerprint density at radius 2 is 1.75 bits per heavy atom. The smallest absolute Gasteiger partial charge is 0.302 e. The molecule has 1 unspecified atom stereocenters. The Labute approximate surface area is 608 Å². The van der Waals surface area contributed by atoms with E-state index in [2.05, 4.69) is 125 Å². The number of fused-ring (bicyclic) bond motifs is 16. The summed E-state index contributed by atoms with van der Waals surface area (Å²) in [6.45, 7) is 3.49. The normalized spacial score (nSPS) is 31.9. The van der Waals surface area contributed by atoms with Gasteiger partial charge < -0.3 is 65.8 Å². The number of benzene rings is 5. The summed E-state index contributed by atoms with van der Waals surface area (Å²) in [5, 5.41) is 61.2. The third-order valence-electron chi connectivity index (χ3n) is 26.2. The predicted octanol–water partition coefficient (Wildman–Crippen LogP) is 13.7. The molecule has 14 nitrogen and oxygen atoms in total. The van der Waals surface area contributed by atoms with Crippen molar-refractivity contribution < 1.29 is 48.9 Å². The van der Waals surface area contributed by atoms with Crippen LogP contribution < -0.4 is 35.9 Å². The lowest BCUT2D eigenvalue weighted by atomic mass is 9.55. The van der Waals surface area contributed by atoms with Crippen LogP contribution in [0.2, 0.25) is 0 Å². The van der Waals surface area contributed by atoms with E-state index in [1.807, 2.05) is 27.7 Å². The Kier molecular flexibility index (Phi) is 18.9. The monoisotopic (exact) mass is 1410 g/mol. The van der Waals surface area contributed by atoms with Gasteiger partial charge in [0.1, 0.15) is 42.0 Å². The second-order valence-electron chi connectivity index (χ2n) is 31.8. The summed E-state index contributed by atoms with van der Waals surface area (Å²) in [5.41, 5.74) is 22.1. The highest BCUT2D eigenvalue weighted by molar-refractivity contribution is 8.77. The van der Waals surface area contributed by atoms with E-state index >= 15 is 0 Å². The summed E-state index contributed by atoms with van der Waals surface area (Å²) in [7, 11) is 5.63. The van der Waals surface area contributed by atoms with E-state index in [4.69, 9.17) is 29.4 Å². The number of methoxy groups -OCH3 is 1. The van der Waals surface area contributed by atoms with Gasteiger partial charge in [-0.15, -0.1) is 0 Å². The van der Waals surface area contributed by atoms with Crippen LogP contribution in [-0.4, -0.2) is 102 Å². The molecule has 16 atom stereocenters. The highest BCUT2D eigenvalue weighted by Gasteiger charge is 2.57. The van der Waals surface area contributed by atoms with Crippen LogP contribution in [0.1, 0.15) is 189 Å². The standard InChI is InChI=1S/C86H98N4O10S2/c1-4-51-38-64-70(90-84(51)87)27-22-53-19-20-54-35-56-36-58-23-21-52(56)16-12-18-69(66(43-91)67(54)44-96-3)88-42-65-75(53)76(63-26-28-71-83(100-82(63)79(65)95)73(34-49-13-7-5-8-14-49)102-101-46-50-15-11-17-59(33-50)89-71)80-68(45-97-48(2)93)61-24-25-62-74-57(37-60(94)39-72(74)98-47-92)41-85(78(62)81(61)99-80)32-29-55(40-85)77(64)86(58)30-9-6-10-31-86/h5,7-8,13-14,21,23-26,28,36-39,50,53-55,59,66-69,71,73,77,80,83-84,88-92,94-95H,4,6,9-12,15-18,29-35,40-47,87H2,1-3H3/t50-,53+,54+,55+,59+,66+,67-,68-,69-,71+,73-,77-,80-,83+,84?,85-/m0/s1. The number of aliphatic hydroxyl groups excluding tert-OH is 2. The van der Waals surface area contributed by atoms with Crippen molar-refractivity contribution in [3.63, 3.8) is 0 Å². The van der Waals surface area contributed by atoms with E-state index in [0.29, 0.717) is 53.6 Å². The second-order valence-corrected chi connectivity index (χ2v) is 34.4. The highest BCUT2D eigenvalue weighted by atomic mass is 33.1. The molecule has 5 aromatic rings. The number of aromatic hydroxyl groups is 2. The van der Waals surface area contributed by atoms with Crippen molar-refractivity contribution in [3.05, 3.63) is 163 Å². The van der Waals surface area contributed by atoms with Crippen molar-refractivity contribution in [1.82, 2.24) is 16.0 Å². The van der Waals surface area contributed by atoms with Crippen LogP contribution >= 0.6 is 21.6 Å². The largest absolute Gasteiger partial charge is 0.508 e. The average molecular weight is 1410 g/mol. The number of carbonyl (C=O) groups excluding carboxylic acids is 1. The number of phenolic OH excluding ortho intramolecular Hbond substituents is 2. The minimum Gasteiger partial charge on any atom is -0.508 e. The summed E-state index contributed by atoms with van der Waals surface area (Å²) in [4.78, 5) is 13.7. The van der Waals surface area contributed by atoms with E-state index in [9.17, 15) is 25.2 Å². The number of dihydropyridines is 1. The van der Waals surface area contributed by atoms with Crippen LogP contribution in [0.15, 0.2) is 102 Å². The molecule has 102 heavy (non-hydrogen) atoms. The maximum Gasteiger partial charge on any atom is 0.302 e. The van der Waals surface area contributed by atoms with Crippen molar-refractivity contribution >= 4 is 33.6 Å². The van der Waals surface area contributed by atoms with Crippen LogP contribution in [0.25, 0.3) is 17.2 Å². The third-order valence-corrected chi connectivity index (χ3v) is 29.2. The van der Waals surface area contributed by atoms with Gasteiger partial charge in [0.25, 0.3) is 0 Å². The molecule has 2 spiro atoms. The number of aliphatic hydroxyl groups is 2. The minimum absolute atomic E-state index is 0.00528. The molecule has 6 heterocycles. The maximum absolute atomic E-state index is 14.4.